The number of nitrogens with zero attached hydrogens (tertiary/aromatic N) is 1. The first-order valence-corrected chi connectivity index (χ1v) is 9.12. The standard InChI is InChI=1S/C22H29N/c1-2-6-19-8-12-21(13-9-19)16-17-22-14-10-20(11-15-22)7-4-3-5-18-23/h3-5,7-9,12-13,20,22H,2,6,10-11,14-17H2,1H3/b5-3+,7-4+/t20-,22-. The van der Waals surface area contributed by atoms with Crippen LogP contribution in [-0.4, -0.2) is 0 Å². The predicted molar refractivity (Wildman–Crippen MR) is 98.1 cm³/mol. The Morgan fingerprint density at radius 2 is 1.65 bits per heavy atom. The maximum absolute atomic E-state index is 8.46. The molecule has 0 saturated heterocycles. The topological polar surface area (TPSA) is 23.8 Å². The van der Waals surface area contributed by atoms with Crippen molar-refractivity contribution in [3.8, 4) is 6.07 Å². The molecule has 2 rings (SSSR count). The minimum atomic E-state index is 0.711. The molecule has 0 heterocycles. The highest BCUT2D eigenvalue weighted by Crippen LogP contribution is 2.32. The van der Waals surface area contributed by atoms with E-state index < -0.39 is 0 Å². The maximum Gasteiger partial charge on any atom is 0.0912 e. The second-order valence-corrected chi connectivity index (χ2v) is 6.76. The summed E-state index contributed by atoms with van der Waals surface area (Å²) < 4.78 is 0. The molecule has 1 aliphatic carbocycles. The highest BCUT2D eigenvalue weighted by atomic mass is 14.2. The molecule has 1 aromatic rings. The van der Waals surface area contributed by atoms with Gasteiger partial charge in [0.15, 0.2) is 0 Å². The predicted octanol–water partition coefficient (Wildman–Crippen LogP) is 6.01. The maximum atomic E-state index is 8.46. The molecule has 0 aromatic heterocycles. The zero-order valence-electron chi connectivity index (χ0n) is 14.4. The van der Waals surface area contributed by atoms with Gasteiger partial charge in [0.25, 0.3) is 0 Å². The summed E-state index contributed by atoms with van der Waals surface area (Å²) in [6.45, 7) is 2.24. The van der Waals surface area contributed by atoms with Crippen LogP contribution in [0.15, 0.2) is 48.6 Å². The summed E-state index contributed by atoms with van der Waals surface area (Å²) in [5, 5.41) is 8.46. The number of benzene rings is 1. The molecule has 0 atom stereocenters. The van der Waals surface area contributed by atoms with Crippen molar-refractivity contribution in [2.75, 3.05) is 0 Å². The second kappa shape index (κ2) is 10.1. The number of rotatable bonds is 7. The van der Waals surface area contributed by atoms with Crippen LogP contribution in [0.3, 0.4) is 0 Å². The van der Waals surface area contributed by atoms with E-state index in [9.17, 15) is 0 Å². The Balaban J connectivity index is 1.69. The molecule has 0 aliphatic heterocycles. The molecule has 0 unspecified atom stereocenters. The lowest BCUT2D eigenvalue weighted by molar-refractivity contribution is 0.296. The second-order valence-electron chi connectivity index (χ2n) is 6.76. The number of hydrogen-bond acceptors (Lipinski definition) is 1. The fourth-order valence-electron chi connectivity index (χ4n) is 3.52. The van der Waals surface area contributed by atoms with Gasteiger partial charge >= 0.3 is 0 Å². The lowest BCUT2D eigenvalue weighted by atomic mass is 9.79. The van der Waals surface area contributed by atoms with E-state index in [0.717, 1.165) is 5.92 Å². The first kappa shape index (κ1) is 17.5. The van der Waals surface area contributed by atoms with Crippen LogP contribution in [0.2, 0.25) is 0 Å². The third kappa shape index (κ3) is 6.45. The molecule has 1 nitrogen and oxygen atoms in total. The van der Waals surface area contributed by atoms with Crippen molar-refractivity contribution in [1.82, 2.24) is 0 Å². The van der Waals surface area contributed by atoms with E-state index in [1.807, 2.05) is 18.2 Å². The molecule has 1 saturated carbocycles. The molecule has 0 spiro atoms. The Morgan fingerprint density at radius 3 is 2.26 bits per heavy atom. The van der Waals surface area contributed by atoms with Crippen LogP contribution in [0.4, 0.5) is 0 Å². The molecule has 1 aliphatic rings. The van der Waals surface area contributed by atoms with E-state index in [2.05, 4.69) is 37.3 Å². The summed E-state index contributed by atoms with van der Waals surface area (Å²) >= 11 is 0. The van der Waals surface area contributed by atoms with E-state index in [-0.39, 0.29) is 0 Å². The van der Waals surface area contributed by atoms with Gasteiger partial charge in [0.2, 0.25) is 0 Å². The van der Waals surface area contributed by atoms with Crippen LogP contribution < -0.4 is 0 Å². The molecule has 0 bridgehead atoms. The minimum Gasteiger partial charge on any atom is -0.193 e. The summed E-state index contributed by atoms with van der Waals surface area (Å²) in [5.41, 5.74) is 2.96. The molecular formula is C22H29N. The van der Waals surface area contributed by atoms with Gasteiger partial charge in [-0.05, 0) is 67.9 Å². The van der Waals surface area contributed by atoms with Crippen LogP contribution in [0.25, 0.3) is 0 Å². The van der Waals surface area contributed by atoms with Gasteiger partial charge in [0.1, 0.15) is 0 Å². The highest BCUT2D eigenvalue weighted by Gasteiger charge is 2.19. The normalized spacial score (nSPS) is 21.7. The third-order valence-corrected chi connectivity index (χ3v) is 4.96. The lowest BCUT2D eigenvalue weighted by Crippen LogP contribution is -2.13. The van der Waals surface area contributed by atoms with Gasteiger partial charge in [-0.15, -0.1) is 0 Å². The average Bonchev–Trinajstić information content (AvgIpc) is 2.59. The number of nitriles is 1. The van der Waals surface area contributed by atoms with Crippen LogP contribution in [0, 0.1) is 23.2 Å². The van der Waals surface area contributed by atoms with Crippen LogP contribution in [-0.2, 0) is 12.8 Å². The first-order chi connectivity index (χ1) is 11.3. The van der Waals surface area contributed by atoms with E-state index in [0.29, 0.717) is 5.92 Å². The van der Waals surface area contributed by atoms with E-state index in [1.165, 1.54) is 68.6 Å². The Bertz CT molecular complexity index is 536. The molecular weight excluding hydrogens is 278 g/mol. The smallest absolute Gasteiger partial charge is 0.0912 e. The largest absolute Gasteiger partial charge is 0.193 e. The van der Waals surface area contributed by atoms with E-state index >= 15 is 0 Å². The van der Waals surface area contributed by atoms with E-state index in [1.54, 1.807) is 0 Å². The molecule has 0 N–H and O–H groups in total. The van der Waals surface area contributed by atoms with Crippen LogP contribution in [0.5, 0.6) is 0 Å². The molecule has 23 heavy (non-hydrogen) atoms. The molecule has 1 aromatic carbocycles. The lowest BCUT2D eigenvalue weighted by Gasteiger charge is -2.26. The van der Waals surface area contributed by atoms with Gasteiger partial charge in [-0.3, -0.25) is 0 Å². The van der Waals surface area contributed by atoms with Gasteiger partial charge < -0.3 is 0 Å². The Labute approximate surface area is 141 Å². The fraction of sp³-hybridized carbons (Fsp3) is 0.500. The van der Waals surface area contributed by atoms with Crippen molar-refractivity contribution in [3.63, 3.8) is 0 Å². The Morgan fingerprint density at radius 1 is 1.00 bits per heavy atom. The summed E-state index contributed by atoms with van der Waals surface area (Å²) in [5.74, 6) is 1.60. The highest BCUT2D eigenvalue weighted by molar-refractivity contribution is 5.22. The zero-order chi connectivity index (χ0) is 16.3. The molecule has 1 fully saturated rings. The summed E-state index contributed by atoms with van der Waals surface area (Å²) in [6, 6.07) is 11.3. The van der Waals surface area contributed by atoms with Gasteiger partial charge in [0.05, 0.1) is 6.07 Å². The third-order valence-electron chi connectivity index (χ3n) is 4.96. The van der Waals surface area contributed by atoms with Crippen molar-refractivity contribution >= 4 is 0 Å². The van der Waals surface area contributed by atoms with Gasteiger partial charge in [-0.25, -0.2) is 0 Å². The van der Waals surface area contributed by atoms with Crippen LogP contribution in [0.1, 0.15) is 56.6 Å². The molecule has 1 heteroatoms. The fourth-order valence-corrected chi connectivity index (χ4v) is 3.52. The quantitative estimate of drug-likeness (QED) is 0.446. The van der Waals surface area contributed by atoms with Gasteiger partial charge in [-0.1, -0.05) is 55.8 Å². The van der Waals surface area contributed by atoms with Crippen molar-refractivity contribution in [1.29, 1.82) is 5.26 Å². The van der Waals surface area contributed by atoms with Crippen molar-refractivity contribution in [3.05, 3.63) is 59.7 Å². The molecule has 0 radical (unpaired) electrons. The Hall–Kier alpha value is -1.81. The van der Waals surface area contributed by atoms with Crippen LogP contribution >= 0.6 is 0 Å². The molecule has 0 amide bonds. The van der Waals surface area contributed by atoms with Gasteiger partial charge in [0, 0.05) is 6.08 Å². The van der Waals surface area contributed by atoms with Crippen molar-refractivity contribution in [2.45, 2.75) is 58.3 Å². The Kier molecular flexibility index (Phi) is 7.67. The molecule has 122 valence electrons. The number of allylic oxidation sites excluding steroid dienone is 4. The minimum absolute atomic E-state index is 0.711. The van der Waals surface area contributed by atoms with Crippen molar-refractivity contribution < 1.29 is 0 Å². The van der Waals surface area contributed by atoms with Crippen molar-refractivity contribution in [2.24, 2.45) is 11.8 Å². The monoisotopic (exact) mass is 307 g/mol. The zero-order valence-corrected chi connectivity index (χ0v) is 14.4. The van der Waals surface area contributed by atoms with Gasteiger partial charge in [-0.2, -0.15) is 5.26 Å². The number of aryl methyl sites for hydroxylation is 2. The summed E-state index contributed by atoms with van der Waals surface area (Å²) in [6.07, 6.45) is 18.0. The van der Waals surface area contributed by atoms with E-state index in [4.69, 9.17) is 5.26 Å². The number of hydrogen-bond donors (Lipinski definition) is 0. The summed E-state index contributed by atoms with van der Waals surface area (Å²) in [7, 11) is 0. The average molecular weight is 307 g/mol. The summed E-state index contributed by atoms with van der Waals surface area (Å²) in [4.78, 5) is 0. The first-order valence-electron chi connectivity index (χ1n) is 9.12. The SMILES string of the molecule is CCCc1ccc(CC[C@H]2CC[C@H](/C=C/C=C/C#N)CC2)cc1.